The van der Waals surface area contributed by atoms with Crippen molar-refractivity contribution in [3.05, 3.63) is 11.9 Å². The fourth-order valence-corrected chi connectivity index (χ4v) is 2.16. The van der Waals surface area contributed by atoms with Crippen molar-refractivity contribution in [2.75, 3.05) is 5.75 Å². The largest absolute Gasteiger partial charge is 0.481 e. The first-order chi connectivity index (χ1) is 7.91. The molecule has 1 rings (SSSR count). The Bertz CT molecular complexity index is 388. The van der Waals surface area contributed by atoms with E-state index in [2.05, 4.69) is 30.3 Å². The van der Waals surface area contributed by atoms with Crippen molar-refractivity contribution in [3.63, 3.8) is 0 Å². The minimum Gasteiger partial charge on any atom is -0.481 e. The lowest BCUT2D eigenvalue weighted by molar-refractivity contribution is -0.133. The number of thioether (sulfide) groups is 1. The first-order valence-corrected chi connectivity index (χ1v) is 6.77. The molecule has 96 valence electrons. The monoisotopic (exact) mass is 256 g/mol. The van der Waals surface area contributed by atoms with Crippen molar-refractivity contribution < 1.29 is 9.90 Å². The molecule has 0 aliphatic rings. The Morgan fingerprint density at radius 3 is 2.71 bits per heavy atom. The highest BCUT2D eigenvalue weighted by atomic mass is 32.2. The maximum Gasteiger partial charge on any atom is 0.313 e. The summed E-state index contributed by atoms with van der Waals surface area (Å²) >= 11 is 1.28. The van der Waals surface area contributed by atoms with Crippen LogP contribution in [0.1, 0.15) is 26.5 Å². The quantitative estimate of drug-likeness (QED) is 0.795. The van der Waals surface area contributed by atoms with Crippen LogP contribution in [-0.2, 0) is 11.3 Å². The number of carbonyl (C=O) groups is 1. The summed E-state index contributed by atoms with van der Waals surface area (Å²) in [5.74, 6) is 0.410. The summed E-state index contributed by atoms with van der Waals surface area (Å²) in [5, 5.41) is 9.49. The molecule has 1 atom stereocenters. The minimum absolute atomic E-state index is 0.0620. The Morgan fingerprint density at radius 1 is 1.53 bits per heavy atom. The molecule has 0 amide bonds. The van der Waals surface area contributed by atoms with E-state index in [0.717, 1.165) is 17.4 Å². The van der Waals surface area contributed by atoms with Crippen LogP contribution >= 0.6 is 11.8 Å². The zero-order chi connectivity index (χ0) is 13.0. The summed E-state index contributed by atoms with van der Waals surface area (Å²) < 4.78 is 2.11. The third-order valence-electron chi connectivity index (χ3n) is 2.95. The van der Waals surface area contributed by atoms with Crippen molar-refractivity contribution >= 4 is 17.7 Å². The van der Waals surface area contributed by atoms with Gasteiger partial charge in [-0.15, -0.1) is 0 Å². The number of hydrogen-bond acceptors (Lipinski definition) is 3. The van der Waals surface area contributed by atoms with Crippen LogP contribution in [0.15, 0.2) is 11.4 Å². The van der Waals surface area contributed by atoms with E-state index in [-0.39, 0.29) is 5.75 Å². The fourth-order valence-electron chi connectivity index (χ4n) is 1.40. The zero-order valence-electron chi connectivity index (χ0n) is 10.8. The Morgan fingerprint density at radius 2 is 2.18 bits per heavy atom. The van der Waals surface area contributed by atoms with Gasteiger partial charge in [-0.2, -0.15) is 0 Å². The number of aromatic nitrogens is 2. The standard InChI is InChI=1S/C12H20N2O2S/c1-8(2)9(3)6-14-10(4)5-13-12(14)17-7-11(15)16/h5,8-9H,6-7H2,1-4H3,(H,15,16). The number of aryl methyl sites for hydroxylation is 1. The summed E-state index contributed by atoms with van der Waals surface area (Å²) in [4.78, 5) is 14.8. The highest BCUT2D eigenvalue weighted by Gasteiger charge is 2.14. The summed E-state index contributed by atoms with van der Waals surface area (Å²) in [6.07, 6.45) is 1.80. The number of carboxylic acids is 1. The second-order valence-corrected chi connectivity index (χ2v) is 5.64. The van der Waals surface area contributed by atoms with Gasteiger partial charge in [0, 0.05) is 18.4 Å². The van der Waals surface area contributed by atoms with Crippen LogP contribution in [0.3, 0.4) is 0 Å². The molecule has 0 bridgehead atoms. The number of aliphatic carboxylic acids is 1. The Hall–Kier alpha value is -0.970. The molecule has 0 radical (unpaired) electrons. The Kier molecular flexibility index (Phi) is 5.05. The summed E-state index contributed by atoms with van der Waals surface area (Å²) in [6.45, 7) is 9.49. The highest BCUT2D eigenvalue weighted by molar-refractivity contribution is 7.99. The first kappa shape index (κ1) is 14.1. The molecule has 17 heavy (non-hydrogen) atoms. The summed E-state index contributed by atoms with van der Waals surface area (Å²) in [5.41, 5.74) is 1.09. The molecule has 1 aromatic heterocycles. The molecule has 0 spiro atoms. The van der Waals surface area contributed by atoms with Crippen LogP contribution < -0.4 is 0 Å². The lowest BCUT2D eigenvalue weighted by Crippen LogP contribution is -2.15. The highest BCUT2D eigenvalue weighted by Crippen LogP contribution is 2.21. The predicted octanol–water partition coefficient (Wildman–Crippen LogP) is 2.66. The third kappa shape index (κ3) is 4.07. The average Bonchev–Trinajstić information content (AvgIpc) is 2.57. The van der Waals surface area contributed by atoms with Crippen molar-refractivity contribution in [2.24, 2.45) is 11.8 Å². The topological polar surface area (TPSA) is 55.1 Å². The van der Waals surface area contributed by atoms with Gasteiger partial charge in [-0.1, -0.05) is 32.5 Å². The Labute approximate surface area is 106 Å². The lowest BCUT2D eigenvalue weighted by Gasteiger charge is -2.18. The second-order valence-electron chi connectivity index (χ2n) is 4.70. The molecule has 5 heteroatoms. The number of nitrogens with zero attached hydrogens (tertiary/aromatic N) is 2. The molecule has 0 fully saturated rings. The SMILES string of the molecule is Cc1cnc(SCC(=O)O)n1CC(C)C(C)C. The van der Waals surface area contributed by atoms with Gasteiger partial charge in [0.1, 0.15) is 0 Å². The van der Waals surface area contributed by atoms with E-state index in [0.29, 0.717) is 11.8 Å². The van der Waals surface area contributed by atoms with Gasteiger partial charge in [-0.05, 0) is 18.8 Å². The van der Waals surface area contributed by atoms with Gasteiger partial charge in [0.05, 0.1) is 5.75 Å². The molecule has 1 heterocycles. The normalized spacial score (nSPS) is 13.0. The number of rotatable bonds is 6. The molecule has 0 aliphatic heterocycles. The van der Waals surface area contributed by atoms with Crippen molar-refractivity contribution in [1.82, 2.24) is 9.55 Å². The lowest BCUT2D eigenvalue weighted by atomic mass is 9.98. The van der Waals surface area contributed by atoms with E-state index in [1.807, 2.05) is 6.92 Å². The van der Waals surface area contributed by atoms with E-state index >= 15 is 0 Å². The molecule has 1 aromatic rings. The molecule has 1 N–H and O–H groups in total. The zero-order valence-corrected chi connectivity index (χ0v) is 11.6. The molecule has 0 aromatic carbocycles. The minimum atomic E-state index is -0.806. The maximum absolute atomic E-state index is 10.6. The Balaban J connectivity index is 2.75. The number of imidazole rings is 1. The van der Waals surface area contributed by atoms with E-state index in [1.165, 1.54) is 11.8 Å². The number of carboxylic acid groups (broad SMARTS) is 1. The van der Waals surface area contributed by atoms with Crippen LogP contribution in [0.5, 0.6) is 0 Å². The summed E-state index contributed by atoms with van der Waals surface area (Å²) in [7, 11) is 0. The van der Waals surface area contributed by atoms with E-state index in [4.69, 9.17) is 5.11 Å². The van der Waals surface area contributed by atoms with Gasteiger partial charge >= 0.3 is 5.97 Å². The number of hydrogen-bond donors (Lipinski definition) is 1. The van der Waals surface area contributed by atoms with Crippen molar-refractivity contribution in [2.45, 2.75) is 39.4 Å². The molecule has 0 aliphatic carbocycles. The van der Waals surface area contributed by atoms with Gasteiger partial charge < -0.3 is 9.67 Å². The summed E-state index contributed by atoms with van der Waals surface area (Å²) in [6, 6.07) is 0. The van der Waals surface area contributed by atoms with Crippen molar-refractivity contribution in [1.29, 1.82) is 0 Å². The van der Waals surface area contributed by atoms with Gasteiger partial charge in [0.2, 0.25) is 0 Å². The van der Waals surface area contributed by atoms with Crippen molar-refractivity contribution in [3.8, 4) is 0 Å². The smallest absolute Gasteiger partial charge is 0.313 e. The van der Waals surface area contributed by atoms with Crippen LogP contribution in [-0.4, -0.2) is 26.4 Å². The van der Waals surface area contributed by atoms with Crippen LogP contribution in [0.4, 0.5) is 0 Å². The molecular weight excluding hydrogens is 236 g/mol. The van der Waals surface area contributed by atoms with E-state index in [9.17, 15) is 4.79 Å². The van der Waals surface area contributed by atoms with Crippen LogP contribution in [0.25, 0.3) is 0 Å². The van der Waals surface area contributed by atoms with Crippen LogP contribution in [0.2, 0.25) is 0 Å². The molecule has 0 saturated carbocycles. The molecule has 1 unspecified atom stereocenters. The fraction of sp³-hybridized carbons (Fsp3) is 0.667. The average molecular weight is 256 g/mol. The van der Waals surface area contributed by atoms with E-state index in [1.54, 1.807) is 6.20 Å². The molecule has 0 saturated heterocycles. The first-order valence-electron chi connectivity index (χ1n) is 5.78. The van der Waals surface area contributed by atoms with Gasteiger partial charge in [0.25, 0.3) is 0 Å². The van der Waals surface area contributed by atoms with Gasteiger partial charge in [-0.3, -0.25) is 4.79 Å². The predicted molar refractivity (Wildman–Crippen MR) is 69.3 cm³/mol. The second kappa shape index (κ2) is 6.10. The van der Waals surface area contributed by atoms with E-state index < -0.39 is 5.97 Å². The third-order valence-corrected chi connectivity index (χ3v) is 3.93. The van der Waals surface area contributed by atoms with Gasteiger partial charge in [-0.25, -0.2) is 4.98 Å². The van der Waals surface area contributed by atoms with Gasteiger partial charge in [0.15, 0.2) is 5.16 Å². The molecular formula is C12H20N2O2S. The maximum atomic E-state index is 10.6. The van der Waals surface area contributed by atoms with Crippen LogP contribution in [0, 0.1) is 18.8 Å². The molecule has 4 nitrogen and oxygen atoms in total.